The molecule has 2 N–H and O–H groups in total. The first-order chi connectivity index (χ1) is 13.5. The van der Waals surface area contributed by atoms with Crippen LogP contribution in [0.1, 0.15) is 47.1 Å². The molecule has 0 radical (unpaired) electrons. The van der Waals surface area contributed by atoms with Gasteiger partial charge >= 0.3 is 5.97 Å². The zero-order valence-corrected chi connectivity index (χ0v) is 18.9. The zero-order valence-electron chi connectivity index (χ0n) is 18.2. The number of rotatable bonds is 9. The van der Waals surface area contributed by atoms with E-state index >= 15 is 0 Å². The van der Waals surface area contributed by atoms with E-state index in [1.54, 1.807) is 26.1 Å². The van der Waals surface area contributed by atoms with Gasteiger partial charge in [0.1, 0.15) is 5.82 Å². The quantitative estimate of drug-likeness (QED) is 0.527. The lowest BCUT2D eigenvalue weighted by Gasteiger charge is -2.35. The van der Waals surface area contributed by atoms with Gasteiger partial charge in [0.05, 0.1) is 21.8 Å². The summed E-state index contributed by atoms with van der Waals surface area (Å²) in [6.07, 6.45) is 1.59. The second kappa shape index (κ2) is 9.49. The Balaban J connectivity index is 2.65. The maximum Gasteiger partial charge on any atom is 0.313 e. The van der Waals surface area contributed by atoms with Crippen LogP contribution in [0.5, 0.6) is 0 Å². The molecule has 29 heavy (non-hydrogen) atoms. The van der Waals surface area contributed by atoms with Crippen LogP contribution >= 0.6 is 11.6 Å². The Morgan fingerprint density at radius 2 is 1.76 bits per heavy atom. The Hall–Kier alpha value is -2.27. The lowest BCUT2D eigenvalue weighted by Crippen LogP contribution is -2.36. The molecule has 2 rings (SSSR count). The number of pyridine rings is 1. The lowest BCUT2D eigenvalue weighted by atomic mass is 9.82. The van der Waals surface area contributed by atoms with Crippen molar-refractivity contribution in [2.24, 2.45) is 11.8 Å². The van der Waals surface area contributed by atoms with Gasteiger partial charge in [0.15, 0.2) is 0 Å². The SMILES string of the molecule is CC(C)CN(CC(C)C)c1c(Nc2ccc(Cl)cn2)cccc1C(C)(C)C(=O)O. The third kappa shape index (κ3) is 5.86. The van der Waals surface area contributed by atoms with Gasteiger partial charge in [-0.15, -0.1) is 0 Å². The average Bonchev–Trinajstić information content (AvgIpc) is 2.62. The number of anilines is 3. The van der Waals surface area contributed by atoms with Crippen LogP contribution in [-0.4, -0.2) is 29.1 Å². The van der Waals surface area contributed by atoms with Gasteiger partial charge in [-0.25, -0.2) is 4.98 Å². The molecule has 0 aliphatic carbocycles. The van der Waals surface area contributed by atoms with Crippen LogP contribution < -0.4 is 10.2 Å². The predicted octanol–water partition coefficient (Wildman–Crippen LogP) is 5.96. The summed E-state index contributed by atoms with van der Waals surface area (Å²) in [6, 6.07) is 9.38. The molecule has 2 aromatic rings. The zero-order chi connectivity index (χ0) is 21.8. The summed E-state index contributed by atoms with van der Waals surface area (Å²) in [5, 5.41) is 13.9. The summed E-state index contributed by atoms with van der Waals surface area (Å²) < 4.78 is 0. The van der Waals surface area contributed by atoms with Gasteiger partial charge in [-0.1, -0.05) is 51.4 Å². The number of aliphatic carboxylic acids is 1. The van der Waals surface area contributed by atoms with Crippen molar-refractivity contribution >= 4 is 34.8 Å². The van der Waals surface area contributed by atoms with Crippen LogP contribution in [0.15, 0.2) is 36.5 Å². The summed E-state index contributed by atoms with van der Waals surface area (Å²) in [4.78, 5) is 18.7. The number of halogens is 1. The predicted molar refractivity (Wildman–Crippen MR) is 122 cm³/mol. The number of hydrogen-bond donors (Lipinski definition) is 2. The Labute approximate surface area is 179 Å². The van der Waals surface area contributed by atoms with Gasteiger partial charge < -0.3 is 15.3 Å². The number of carbonyl (C=O) groups is 1. The Bertz CT molecular complexity index is 823. The fraction of sp³-hybridized carbons (Fsp3) is 0.478. The van der Waals surface area contributed by atoms with Gasteiger partial charge in [-0.2, -0.15) is 0 Å². The molecule has 0 aliphatic rings. The van der Waals surface area contributed by atoms with Gasteiger partial charge in [0, 0.05) is 19.3 Å². The third-order valence-corrected chi connectivity index (χ3v) is 4.95. The van der Waals surface area contributed by atoms with Crippen LogP contribution in [0, 0.1) is 11.8 Å². The van der Waals surface area contributed by atoms with Crippen LogP contribution in [0.2, 0.25) is 5.02 Å². The first-order valence-corrected chi connectivity index (χ1v) is 10.4. The highest BCUT2D eigenvalue weighted by Crippen LogP contribution is 2.40. The van der Waals surface area contributed by atoms with Crippen molar-refractivity contribution in [1.82, 2.24) is 4.98 Å². The standard InChI is InChI=1S/C23H32ClN3O2/c1-15(2)13-27(14-16(3)4)21-18(23(5,6)22(28)29)8-7-9-19(21)26-20-11-10-17(24)12-25-20/h7-12,15-16H,13-14H2,1-6H3,(H,25,26)(H,28,29). The first-order valence-electron chi connectivity index (χ1n) is 10.0. The molecule has 0 aliphatic heterocycles. The molecule has 5 nitrogen and oxygen atoms in total. The van der Waals surface area contributed by atoms with Gasteiger partial charge in [0.2, 0.25) is 0 Å². The molecule has 158 valence electrons. The molecule has 0 unspecified atom stereocenters. The van der Waals surface area contributed by atoms with E-state index in [-0.39, 0.29) is 0 Å². The van der Waals surface area contributed by atoms with Crippen LogP contribution in [-0.2, 0) is 10.2 Å². The summed E-state index contributed by atoms with van der Waals surface area (Å²) in [7, 11) is 0. The van der Waals surface area contributed by atoms with E-state index in [0.29, 0.717) is 22.7 Å². The Kier molecular flexibility index (Phi) is 7.53. The number of aromatic nitrogens is 1. The summed E-state index contributed by atoms with van der Waals surface area (Å²) in [5.41, 5.74) is 1.50. The summed E-state index contributed by atoms with van der Waals surface area (Å²) in [5.74, 6) is 0.664. The van der Waals surface area contributed by atoms with Gasteiger partial charge in [-0.3, -0.25) is 4.79 Å². The summed E-state index contributed by atoms with van der Waals surface area (Å²) in [6.45, 7) is 13.8. The Morgan fingerprint density at radius 1 is 1.14 bits per heavy atom. The van der Waals surface area contributed by atoms with Gasteiger partial charge in [-0.05, 0) is 49.4 Å². The van der Waals surface area contributed by atoms with Crippen molar-refractivity contribution in [3.63, 3.8) is 0 Å². The van der Waals surface area contributed by atoms with Gasteiger partial charge in [0.25, 0.3) is 0 Å². The number of carboxylic acids is 1. The smallest absolute Gasteiger partial charge is 0.313 e. The van der Waals surface area contributed by atoms with E-state index in [9.17, 15) is 9.90 Å². The molecule has 0 saturated heterocycles. The van der Waals surface area contributed by atoms with Crippen LogP contribution in [0.25, 0.3) is 0 Å². The molecule has 1 heterocycles. The molecule has 0 bridgehead atoms. The molecular formula is C23H32ClN3O2. The lowest BCUT2D eigenvalue weighted by molar-refractivity contribution is -0.142. The van der Waals surface area contributed by atoms with E-state index in [2.05, 4.69) is 42.9 Å². The number of hydrogen-bond acceptors (Lipinski definition) is 4. The van der Waals surface area contributed by atoms with Crippen molar-refractivity contribution in [1.29, 1.82) is 0 Å². The number of nitrogens with zero attached hydrogens (tertiary/aromatic N) is 2. The highest BCUT2D eigenvalue weighted by molar-refractivity contribution is 6.30. The monoisotopic (exact) mass is 417 g/mol. The first kappa shape index (κ1) is 23.0. The van der Waals surface area contributed by atoms with E-state index < -0.39 is 11.4 Å². The van der Waals surface area contributed by atoms with E-state index in [0.717, 1.165) is 30.0 Å². The largest absolute Gasteiger partial charge is 0.481 e. The number of para-hydroxylation sites is 1. The number of carboxylic acid groups (broad SMARTS) is 1. The second-order valence-electron chi connectivity index (χ2n) is 8.81. The minimum absolute atomic E-state index is 0.427. The average molecular weight is 418 g/mol. The topological polar surface area (TPSA) is 65.5 Å². The van der Waals surface area contributed by atoms with Crippen molar-refractivity contribution in [2.75, 3.05) is 23.3 Å². The fourth-order valence-corrected chi connectivity index (χ4v) is 3.44. The van der Waals surface area contributed by atoms with Crippen LogP contribution in [0.3, 0.4) is 0 Å². The minimum atomic E-state index is -1.04. The third-order valence-electron chi connectivity index (χ3n) is 4.72. The van der Waals surface area contributed by atoms with Crippen molar-refractivity contribution < 1.29 is 9.90 Å². The fourth-order valence-electron chi connectivity index (χ4n) is 3.33. The molecule has 1 aromatic carbocycles. The van der Waals surface area contributed by atoms with Crippen molar-refractivity contribution in [2.45, 2.75) is 47.0 Å². The van der Waals surface area contributed by atoms with E-state index in [1.165, 1.54) is 0 Å². The van der Waals surface area contributed by atoms with Crippen LogP contribution in [0.4, 0.5) is 17.2 Å². The van der Waals surface area contributed by atoms with E-state index in [4.69, 9.17) is 11.6 Å². The normalized spacial score (nSPS) is 11.8. The number of benzene rings is 1. The Morgan fingerprint density at radius 3 is 2.24 bits per heavy atom. The maximum absolute atomic E-state index is 12.1. The minimum Gasteiger partial charge on any atom is -0.481 e. The molecule has 0 spiro atoms. The molecule has 0 amide bonds. The van der Waals surface area contributed by atoms with Crippen molar-refractivity contribution in [3.8, 4) is 0 Å². The maximum atomic E-state index is 12.1. The highest BCUT2D eigenvalue weighted by Gasteiger charge is 2.34. The highest BCUT2D eigenvalue weighted by atomic mass is 35.5. The second-order valence-corrected chi connectivity index (χ2v) is 9.25. The molecule has 6 heteroatoms. The summed E-state index contributed by atoms with van der Waals surface area (Å²) >= 11 is 5.97. The molecule has 0 saturated carbocycles. The van der Waals surface area contributed by atoms with Crippen molar-refractivity contribution in [3.05, 3.63) is 47.1 Å². The molecule has 0 fully saturated rings. The molecular weight excluding hydrogens is 386 g/mol. The number of nitrogens with one attached hydrogen (secondary N) is 1. The molecule has 0 atom stereocenters. The molecule has 1 aromatic heterocycles. The van der Waals surface area contributed by atoms with E-state index in [1.807, 2.05) is 24.3 Å².